The maximum Gasteiger partial charge on any atom is 0.163 e. The fraction of sp³-hybridized carbons (Fsp3) is 0.600. The van der Waals surface area contributed by atoms with Gasteiger partial charge in [-0.3, -0.25) is 0 Å². The zero-order chi connectivity index (χ0) is 14.3. The summed E-state index contributed by atoms with van der Waals surface area (Å²) in [5, 5.41) is 3.30. The third-order valence-electron chi connectivity index (χ3n) is 2.73. The van der Waals surface area contributed by atoms with Crippen LogP contribution in [0.2, 0.25) is 0 Å². The van der Waals surface area contributed by atoms with Crippen molar-refractivity contribution in [2.45, 2.75) is 33.2 Å². The first kappa shape index (κ1) is 16.4. The molecule has 108 valence electrons. The molecule has 0 aliphatic carbocycles. The Kier molecular flexibility index (Phi) is 7.39. The fourth-order valence-corrected chi connectivity index (χ4v) is 2.93. The molecule has 0 saturated heterocycles. The molecule has 1 unspecified atom stereocenters. The van der Waals surface area contributed by atoms with Crippen molar-refractivity contribution in [1.82, 2.24) is 5.32 Å². The van der Waals surface area contributed by atoms with Crippen LogP contribution in [0.4, 0.5) is 8.78 Å². The highest BCUT2D eigenvalue weighted by molar-refractivity contribution is 7.99. The van der Waals surface area contributed by atoms with Gasteiger partial charge in [-0.1, -0.05) is 32.9 Å². The van der Waals surface area contributed by atoms with E-state index in [2.05, 4.69) is 26.1 Å². The van der Waals surface area contributed by atoms with E-state index in [1.807, 2.05) is 0 Å². The Morgan fingerprint density at radius 1 is 1.21 bits per heavy atom. The summed E-state index contributed by atoms with van der Waals surface area (Å²) >= 11 is 1.78. The Labute approximate surface area is 119 Å². The molecule has 0 radical (unpaired) electrons. The van der Waals surface area contributed by atoms with Gasteiger partial charge in [-0.2, -0.15) is 11.8 Å². The van der Waals surface area contributed by atoms with Crippen molar-refractivity contribution in [2.75, 3.05) is 18.1 Å². The van der Waals surface area contributed by atoms with Crippen LogP contribution >= 0.6 is 11.8 Å². The molecule has 1 N–H and O–H groups in total. The van der Waals surface area contributed by atoms with Gasteiger partial charge in [0.05, 0.1) is 0 Å². The highest BCUT2D eigenvalue weighted by Crippen LogP contribution is 2.23. The Bertz CT molecular complexity index is 382. The molecule has 1 rings (SSSR count). The molecular formula is C15H23F2NS. The molecule has 0 heterocycles. The molecule has 0 saturated carbocycles. The quantitative estimate of drug-likeness (QED) is 0.761. The van der Waals surface area contributed by atoms with Crippen molar-refractivity contribution >= 4 is 11.8 Å². The molecule has 1 aromatic carbocycles. The average Bonchev–Trinajstić information content (AvgIpc) is 2.37. The molecule has 0 aromatic heterocycles. The lowest BCUT2D eigenvalue weighted by atomic mass is 10.1. The summed E-state index contributed by atoms with van der Waals surface area (Å²) in [6.07, 6.45) is 0.974. The highest BCUT2D eigenvalue weighted by Gasteiger charge is 2.17. The zero-order valence-corrected chi connectivity index (χ0v) is 12.7. The normalized spacial score (nSPS) is 12.9. The van der Waals surface area contributed by atoms with Gasteiger partial charge in [0.15, 0.2) is 11.6 Å². The lowest BCUT2D eigenvalue weighted by Crippen LogP contribution is -2.25. The molecular weight excluding hydrogens is 264 g/mol. The molecule has 0 amide bonds. The van der Waals surface area contributed by atoms with Crippen LogP contribution in [0.25, 0.3) is 0 Å². The third kappa shape index (κ3) is 5.49. The van der Waals surface area contributed by atoms with Crippen LogP contribution in [-0.4, -0.2) is 18.1 Å². The standard InChI is InChI=1S/C15H23F2NS/c1-4-8-18-14(10-19-9-11(2)3)12-6-5-7-13(16)15(12)17/h5-7,11,14,18H,4,8-10H2,1-3H3. The largest absolute Gasteiger partial charge is 0.309 e. The van der Waals surface area contributed by atoms with Gasteiger partial charge in [0.2, 0.25) is 0 Å². The number of nitrogens with one attached hydrogen (secondary N) is 1. The van der Waals surface area contributed by atoms with E-state index in [0.29, 0.717) is 11.5 Å². The maximum atomic E-state index is 13.8. The second-order valence-corrected chi connectivity index (χ2v) is 6.16. The minimum absolute atomic E-state index is 0.126. The lowest BCUT2D eigenvalue weighted by molar-refractivity contribution is 0.475. The SMILES string of the molecule is CCCNC(CSCC(C)C)c1cccc(F)c1F. The number of halogens is 2. The summed E-state index contributed by atoms with van der Waals surface area (Å²) < 4.78 is 27.1. The Balaban J connectivity index is 2.74. The maximum absolute atomic E-state index is 13.8. The number of hydrogen-bond donors (Lipinski definition) is 1. The fourth-order valence-electron chi connectivity index (χ4n) is 1.79. The van der Waals surface area contributed by atoms with Crippen molar-refractivity contribution in [3.8, 4) is 0 Å². The number of benzene rings is 1. The monoisotopic (exact) mass is 287 g/mol. The Morgan fingerprint density at radius 3 is 2.58 bits per heavy atom. The number of rotatable bonds is 8. The zero-order valence-electron chi connectivity index (χ0n) is 11.9. The van der Waals surface area contributed by atoms with Gasteiger partial charge >= 0.3 is 0 Å². The summed E-state index contributed by atoms with van der Waals surface area (Å²) in [5.74, 6) is 0.907. The first-order valence-electron chi connectivity index (χ1n) is 6.81. The summed E-state index contributed by atoms with van der Waals surface area (Å²) in [5.41, 5.74) is 0.435. The molecule has 4 heteroatoms. The topological polar surface area (TPSA) is 12.0 Å². The van der Waals surface area contributed by atoms with Crippen LogP contribution in [0, 0.1) is 17.6 Å². The van der Waals surface area contributed by atoms with Crippen LogP contribution in [0.15, 0.2) is 18.2 Å². The van der Waals surface area contributed by atoms with Gasteiger partial charge in [-0.15, -0.1) is 0 Å². The van der Waals surface area contributed by atoms with Gasteiger partial charge in [0.1, 0.15) is 0 Å². The van der Waals surface area contributed by atoms with E-state index in [4.69, 9.17) is 0 Å². The summed E-state index contributed by atoms with van der Waals surface area (Å²) in [4.78, 5) is 0. The van der Waals surface area contributed by atoms with Crippen LogP contribution in [0.3, 0.4) is 0 Å². The van der Waals surface area contributed by atoms with Gasteiger partial charge in [0.25, 0.3) is 0 Å². The van der Waals surface area contributed by atoms with Gasteiger partial charge in [-0.25, -0.2) is 8.78 Å². The van der Waals surface area contributed by atoms with Crippen molar-refractivity contribution in [3.63, 3.8) is 0 Å². The molecule has 0 fully saturated rings. The number of thioether (sulfide) groups is 1. The van der Waals surface area contributed by atoms with Crippen molar-refractivity contribution in [3.05, 3.63) is 35.4 Å². The summed E-state index contributed by atoms with van der Waals surface area (Å²) in [6.45, 7) is 7.19. The second kappa shape index (κ2) is 8.54. The molecule has 1 aromatic rings. The summed E-state index contributed by atoms with van der Waals surface area (Å²) in [7, 11) is 0. The lowest BCUT2D eigenvalue weighted by Gasteiger charge is -2.20. The second-order valence-electron chi connectivity index (χ2n) is 5.08. The van der Waals surface area contributed by atoms with Crippen LogP contribution in [-0.2, 0) is 0 Å². The van der Waals surface area contributed by atoms with E-state index >= 15 is 0 Å². The van der Waals surface area contributed by atoms with E-state index in [9.17, 15) is 8.78 Å². The highest BCUT2D eigenvalue weighted by atomic mass is 32.2. The van der Waals surface area contributed by atoms with Gasteiger partial charge in [-0.05, 0) is 30.7 Å². The summed E-state index contributed by atoms with van der Waals surface area (Å²) in [6, 6.07) is 4.28. The van der Waals surface area contributed by atoms with Crippen LogP contribution in [0.5, 0.6) is 0 Å². The van der Waals surface area contributed by atoms with E-state index in [0.717, 1.165) is 30.5 Å². The average molecular weight is 287 g/mol. The van der Waals surface area contributed by atoms with E-state index in [-0.39, 0.29) is 6.04 Å². The van der Waals surface area contributed by atoms with Crippen molar-refractivity contribution < 1.29 is 8.78 Å². The van der Waals surface area contributed by atoms with E-state index in [1.165, 1.54) is 0 Å². The van der Waals surface area contributed by atoms with Crippen molar-refractivity contribution in [1.29, 1.82) is 0 Å². The first-order valence-corrected chi connectivity index (χ1v) is 7.96. The molecule has 1 atom stereocenters. The van der Waals surface area contributed by atoms with Crippen LogP contribution in [0.1, 0.15) is 38.8 Å². The molecule has 0 bridgehead atoms. The van der Waals surface area contributed by atoms with Gasteiger partial charge < -0.3 is 5.32 Å². The molecule has 0 aliphatic heterocycles. The predicted octanol–water partition coefficient (Wildman–Crippen LogP) is 4.39. The Hall–Kier alpha value is -0.610. The Morgan fingerprint density at radius 2 is 1.95 bits per heavy atom. The van der Waals surface area contributed by atoms with E-state index < -0.39 is 11.6 Å². The molecule has 0 aliphatic rings. The molecule has 19 heavy (non-hydrogen) atoms. The minimum atomic E-state index is -0.769. The van der Waals surface area contributed by atoms with Crippen LogP contribution < -0.4 is 5.32 Å². The molecule has 0 spiro atoms. The van der Waals surface area contributed by atoms with E-state index in [1.54, 1.807) is 23.9 Å². The smallest absolute Gasteiger partial charge is 0.163 e. The van der Waals surface area contributed by atoms with Gasteiger partial charge in [0, 0.05) is 17.4 Å². The third-order valence-corrected chi connectivity index (χ3v) is 4.20. The van der Waals surface area contributed by atoms with Crippen molar-refractivity contribution in [2.24, 2.45) is 5.92 Å². The molecule has 1 nitrogen and oxygen atoms in total. The number of hydrogen-bond acceptors (Lipinski definition) is 2. The predicted molar refractivity (Wildman–Crippen MR) is 79.6 cm³/mol. The minimum Gasteiger partial charge on any atom is -0.309 e. The first-order chi connectivity index (χ1) is 9.06.